The quantitative estimate of drug-likeness (QED) is 0.482. The molecule has 0 bridgehead atoms. The molecule has 0 aliphatic carbocycles. The van der Waals surface area contributed by atoms with Crippen molar-refractivity contribution in [1.29, 1.82) is 0 Å². The van der Waals surface area contributed by atoms with Gasteiger partial charge in [0, 0.05) is 18.7 Å². The maximum atomic E-state index is 10.4. The van der Waals surface area contributed by atoms with Gasteiger partial charge < -0.3 is 10.1 Å². The van der Waals surface area contributed by atoms with E-state index >= 15 is 0 Å². The van der Waals surface area contributed by atoms with E-state index in [2.05, 4.69) is 5.32 Å². The Morgan fingerprint density at radius 3 is 2.60 bits per heavy atom. The zero-order valence-corrected chi connectivity index (χ0v) is 8.91. The fraction of sp³-hybridized carbons (Fsp3) is 0.222. The molecule has 15 heavy (non-hydrogen) atoms. The lowest BCUT2D eigenvalue weighted by atomic mass is 10.2. The fourth-order valence-corrected chi connectivity index (χ4v) is 1.05. The SMILES string of the molecule is COC(=S)NCc1ccc([N+](=O)[O-])cc1. The molecule has 0 radical (unpaired) electrons. The van der Waals surface area contributed by atoms with Gasteiger partial charge in [-0.05, 0) is 17.8 Å². The number of thiocarbonyl (C=S) groups is 1. The van der Waals surface area contributed by atoms with E-state index in [1.165, 1.54) is 19.2 Å². The zero-order chi connectivity index (χ0) is 11.3. The van der Waals surface area contributed by atoms with Gasteiger partial charge in [-0.3, -0.25) is 10.1 Å². The number of ether oxygens (including phenoxy) is 1. The minimum Gasteiger partial charge on any atom is -0.474 e. The molecule has 6 heteroatoms. The van der Waals surface area contributed by atoms with Crippen LogP contribution in [0.5, 0.6) is 0 Å². The molecule has 1 N–H and O–H groups in total. The number of hydrogen-bond acceptors (Lipinski definition) is 4. The van der Waals surface area contributed by atoms with Crippen molar-refractivity contribution in [2.45, 2.75) is 6.54 Å². The number of nitro groups is 1. The third-order valence-corrected chi connectivity index (χ3v) is 2.08. The van der Waals surface area contributed by atoms with Crippen LogP contribution in [-0.4, -0.2) is 17.2 Å². The molecule has 0 spiro atoms. The highest BCUT2D eigenvalue weighted by Gasteiger charge is 2.03. The van der Waals surface area contributed by atoms with E-state index in [9.17, 15) is 10.1 Å². The summed E-state index contributed by atoms with van der Waals surface area (Å²) in [5.74, 6) is 0. The molecule has 0 unspecified atom stereocenters. The molecule has 0 saturated carbocycles. The van der Waals surface area contributed by atoms with Crippen molar-refractivity contribution in [3.05, 3.63) is 39.9 Å². The molecule has 0 aliphatic rings. The first kappa shape index (κ1) is 11.4. The van der Waals surface area contributed by atoms with Gasteiger partial charge >= 0.3 is 0 Å². The Hall–Kier alpha value is -1.69. The molecule has 0 atom stereocenters. The van der Waals surface area contributed by atoms with Crippen LogP contribution in [0.15, 0.2) is 24.3 Å². The summed E-state index contributed by atoms with van der Waals surface area (Å²) >= 11 is 4.78. The zero-order valence-electron chi connectivity index (χ0n) is 8.10. The molecule has 0 fully saturated rings. The largest absolute Gasteiger partial charge is 0.474 e. The van der Waals surface area contributed by atoms with Crippen LogP contribution in [0, 0.1) is 10.1 Å². The van der Waals surface area contributed by atoms with Gasteiger partial charge in [0.2, 0.25) is 0 Å². The van der Waals surface area contributed by atoms with Crippen LogP contribution in [-0.2, 0) is 11.3 Å². The predicted molar refractivity (Wildman–Crippen MR) is 59.5 cm³/mol. The van der Waals surface area contributed by atoms with E-state index in [1.54, 1.807) is 12.1 Å². The monoisotopic (exact) mass is 226 g/mol. The van der Waals surface area contributed by atoms with E-state index in [-0.39, 0.29) is 5.69 Å². The normalized spacial score (nSPS) is 9.40. The van der Waals surface area contributed by atoms with Crippen LogP contribution >= 0.6 is 12.2 Å². The highest BCUT2D eigenvalue weighted by atomic mass is 32.1. The Bertz CT molecular complexity index is 364. The second-order valence-corrected chi connectivity index (χ2v) is 3.14. The van der Waals surface area contributed by atoms with Gasteiger partial charge in [0.05, 0.1) is 12.0 Å². The Morgan fingerprint density at radius 1 is 1.53 bits per heavy atom. The first-order valence-corrected chi connectivity index (χ1v) is 4.59. The summed E-state index contributed by atoms with van der Waals surface area (Å²) in [6, 6.07) is 6.24. The van der Waals surface area contributed by atoms with Crippen molar-refractivity contribution < 1.29 is 9.66 Å². The lowest BCUT2D eigenvalue weighted by Crippen LogP contribution is -2.21. The van der Waals surface area contributed by atoms with Crippen molar-refractivity contribution in [3.63, 3.8) is 0 Å². The van der Waals surface area contributed by atoms with Gasteiger partial charge in [0.1, 0.15) is 0 Å². The summed E-state index contributed by atoms with van der Waals surface area (Å²) in [6.45, 7) is 0.491. The third kappa shape index (κ3) is 3.51. The minimum atomic E-state index is -0.434. The van der Waals surface area contributed by atoms with E-state index in [4.69, 9.17) is 17.0 Å². The van der Waals surface area contributed by atoms with Crippen molar-refractivity contribution >= 4 is 23.1 Å². The van der Waals surface area contributed by atoms with E-state index in [0.717, 1.165) is 5.56 Å². The van der Waals surface area contributed by atoms with Gasteiger partial charge in [0.15, 0.2) is 0 Å². The highest BCUT2D eigenvalue weighted by molar-refractivity contribution is 7.80. The summed E-state index contributed by atoms with van der Waals surface area (Å²) in [4.78, 5) is 9.94. The van der Waals surface area contributed by atoms with Crippen LogP contribution in [0.4, 0.5) is 5.69 Å². The van der Waals surface area contributed by atoms with Gasteiger partial charge in [-0.2, -0.15) is 0 Å². The average Bonchev–Trinajstić information content (AvgIpc) is 2.26. The van der Waals surface area contributed by atoms with Gasteiger partial charge in [-0.15, -0.1) is 0 Å². The number of nitrogens with one attached hydrogen (secondary N) is 1. The maximum Gasteiger partial charge on any atom is 0.269 e. The summed E-state index contributed by atoms with van der Waals surface area (Å²) in [7, 11) is 1.48. The number of methoxy groups -OCH3 is 1. The number of hydrogen-bond donors (Lipinski definition) is 1. The van der Waals surface area contributed by atoms with Gasteiger partial charge in [0.25, 0.3) is 10.9 Å². The van der Waals surface area contributed by atoms with Gasteiger partial charge in [-0.1, -0.05) is 12.1 Å². The van der Waals surface area contributed by atoms with Crippen LogP contribution in [0.1, 0.15) is 5.56 Å². The third-order valence-electron chi connectivity index (χ3n) is 1.77. The lowest BCUT2D eigenvalue weighted by Gasteiger charge is -2.05. The minimum absolute atomic E-state index is 0.0769. The van der Waals surface area contributed by atoms with Crippen LogP contribution in [0.25, 0.3) is 0 Å². The average molecular weight is 226 g/mol. The summed E-state index contributed by atoms with van der Waals surface area (Å²) in [6.07, 6.45) is 0. The van der Waals surface area contributed by atoms with E-state index < -0.39 is 4.92 Å². The number of non-ortho nitro benzene ring substituents is 1. The Balaban J connectivity index is 2.57. The molecule has 0 aliphatic heterocycles. The molecular formula is C9H10N2O3S. The molecule has 1 aromatic carbocycles. The Labute approximate surface area is 92.2 Å². The lowest BCUT2D eigenvalue weighted by molar-refractivity contribution is -0.384. The highest BCUT2D eigenvalue weighted by Crippen LogP contribution is 2.11. The van der Waals surface area contributed by atoms with Crippen molar-refractivity contribution in [3.8, 4) is 0 Å². The molecular weight excluding hydrogens is 216 g/mol. The Kier molecular flexibility index (Phi) is 3.99. The molecule has 1 aromatic rings. The summed E-state index contributed by atoms with van der Waals surface area (Å²) < 4.78 is 4.75. The van der Waals surface area contributed by atoms with Gasteiger partial charge in [-0.25, -0.2) is 0 Å². The topological polar surface area (TPSA) is 64.4 Å². The number of nitro benzene ring substituents is 1. The maximum absolute atomic E-state index is 10.4. The predicted octanol–water partition coefficient (Wildman–Crippen LogP) is 1.62. The first-order chi connectivity index (χ1) is 7.13. The molecule has 0 heterocycles. The van der Waals surface area contributed by atoms with Crippen molar-refractivity contribution in [2.24, 2.45) is 0 Å². The Morgan fingerprint density at radius 2 is 2.13 bits per heavy atom. The molecule has 1 rings (SSSR count). The second kappa shape index (κ2) is 5.26. The fourth-order valence-electron chi connectivity index (χ4n) is 0.982. The molecule has 0 aromatic heterocycles. The molecule has 0 amide bonds. The first-order valence-electron chi connectivity index (χ1n) is 4.18. The number of nitrogens with zero attached hydrogens (tertiary/aromatic N) is 1. The summed E-state index contributed by atoms with van der Waals surface area (Å²) in [5, 5.41) is 13.5. The smallest absolute Gasteiger partial charge is 0.269 e. The number of benzene rings is 1. The van der Waals surface area contributed by atoms with E-state index in [1.807, 2.05) is 0 Å². The summed E-state index contributed by atoms with van der Waals surface area (Å²) in [5.41, 5.74) is 0.980. The molecule has 0 saturated heterocycles. The van der Waals surface area contributed by atoms with Crippen LogP contribution in [0.2, 0.25) is 0 Å². The number of rotatable bonds is 3. The molecule has 80 valence electrons. The van der Waals surface area contributed by atoms with Crippen LogP contribution < -0.4 is 5.32 Å². The molecule has 5 nitrogen and oxygen atoms in total. The van der Waals surface area contributed by atoms with Crippen molar-refractivity contribution in [2.75, 3.05) is 7.11 Å². The van der Waals surface area contributed by atoms with E-state index in [0.29, 0.717) is 11.7 Å². The van der Waals surface area contributed by atoms with Crippen LogP contribution in [0.3, 0.4) is 0 Å². The van der Waals surface area contributed by atoms with Crippen molar-refractivity contribution in [1.82, 2.24) is 5.32 Å². The second-order valence-electron chi connectivity index (χ2n) is 2.77. The standard InChI is InChI=1S/C9H10N2O3S/c1-14-9(15)10-6-7-2-4-8(5-3-7)11(12)13/h2-5H,6H2,1H3,(H,10,15).